The number of carbonyl (C=O) groups excluding carboxylic acids is 1. The molecule has 2 heterocycles. The van der Waals surface area contributed by atoms with Crippen molar-refractivity contribution in [1.82, 2.24) is 19.4 Å². The Kier molecular flexibility index (Phi) is 7.59. The van der Waals surface area contributed by atoms with Gasteiger partial charge in [-0.05, 0) is 56.1 Å². The average Bonchev–Trinajstić information content (AvgIpc) is 2.87. The van der Waals surface area contributed by atoms with Gasteiger partial charge in [-0.2, -0.15) is 0 Å². The number of pyridine rings is 1. The second kappa shape index (κ2) is 11.0. The Morgan fingerprint density at radius 2 is 2.03 bits per heavy atom. The molecule has 0 fully saturated rings. The highest BCUT2D eigenvalue weighted by Crippen LogP contribution is 2.31. The van der Waals surface area contributed by atoms with E-state index in [0.29, 0.717) is 52.4 Å². The normalized spacial score (nSPS) is 10.9. The lowest BCUT2D eigenvalue weighted by molar-refractivity contribution is -0.111. The molecule has 0 saturated heterocycles. The molecule has 10 heteroatoms. The first kappa shape index (κ1) is 25.5. The molecular weight excluding hydrogens is 475 g/mol. The molecule has 0 saturated carbocycles. The van der Waals surface area contributed by atoms with E-state index in [4.69, 9.17) is 4.74 Å². The average molecular weight is 503 g/mol. The number of aryl methyl sites for hydroxylation is 1. The van der Waals surface area contributed by atoms with Crippen LogP contribution < -0.4 is 20.9 Å². The Hall–Kier alpha value is -4.57. The minimum absolute atomic E-state index is 0.256. The molecule has 2 N–H and O–H groups in total. The summed E-state index contributed by atoms with van der Waals surface area (Å²) in [7, 11) is 5.51. The summed E-state index contributed by atoms with van der Waals surface area (Å²) in [6.45, 7) is 4.64. The number of amides is 1. The van der Waals surface area contributed by atoms with Gasteiger partial charge in [0.25, 0.3) is 5.56 Å². The van der Waals surface area contributed by atoms with E-state index in [2.05, 4.69) is 27.2 Å². The Morgan fingerprint density at radius 3 is 2.76 bits per heavy atom. The van der Waals surface area contributed by atoms with Crippen LogP contribution in [0.5, 0.6) is 5.75 Å². The summed E-state index contributed by atoms with van der Waals surface area (Å²) in [6, 6.07) is 12.6. The van der Waals surface area contributed by atoms with Gasteiger partial charge >= 0.3 is 0 Å². The molecule has 190 valence electrons. The summed E-state index contributed by atoms with van der Waals surface area (Å²) < 4.78 is 21.2. The molecule has 0 aliphatic rings. The maximum Gasteiger partial charge on any atom is 0.251 e. The smallest absolute Gasteiger partial charge is 0.251 e. The minimum Gasteiger partial charge on any atom is -0.490 e. The molecule has 2 aromatic heterocycles. The zero-order valence-electron chi connectivity index (χ0n) is 20.8. The maximum atomic E-state index is 13.9. The number of anilines is 3. The lowest BCUT2D eigenvalue weighted by Gasteiger charge is -2.16. The molecule has 4 aromatic rings. The molecule has 0 bridgehead atoms. The molecule has 0 radical (unpaired) electrons. The molecule has 0 atom stereocenters. The van der Waals surface area contributed by atoms with E-state index >= 15 is 0 Å². The van der Waals surface area contributed by atoms with Crippen LogP contribution in [-0.2, 0) is 11.8 Å². The number of benzene rings is 2. The number of fused-ring (bicyclic) bond motifs is 1. The van der Waals surface area contributed by atoms with E-state index in [0.717, 1.165) is 0 Å². The Labute approximate surface area is 213 Å². The fourth-order valence-electron chi connectivity index (χ4n) is 3.65. The van der Waals surface area contributed by atoms with Gasteiger partial charge in [0, 0.05) is 30.9 Å². The minimum atomic E-state index is -0.416. The van der Waals surface area contributed by atoms with Crippen molar-refractivity contribution in [1.29, 1.82) is 0 Å². The van der Waals surface area contributed by atoms with Gasteiger partial charge in [-0.15, -0.1) is 0 Å². The number of nitrogens with zero attached hydrogens (tertiary/aromatic N) is 4. The number of aromatic nitrogens is 3. The second-order valence-electron chi connectivity index (χ2n) is 8.57. The van der Waals surface area contributed by atoms with Crippen LogP contribution in [0.3, 0.4) is 0 Å². The number of likely N-dealkylation sites (N-methyl/N-ethyl adjacent to an activating group) is 1. The second-order valence-corrected chi connectivity index (χ2v) is 8.57. The Balaban J connectivity index is 1.71. The van der Waals surface area contributed by atoms with Gasteiger partial charge in [0.2, 0.25) is 11.9 Å². The van der Waals surface area contributed by atoms with E-state index < -0.39 is 5.82 Å². The van der Waals surface area contributed by atoms with Gasteiger partial charge in [0.15, 0.2) is 0 Å². The van der Waals surface area contributed by atoms with E-state index in [1.807, 2.05) is 19.0 Å². The first-order chi connectivity index (χ1) is 17.7. The Morgan fingerprint density at radius 1 is 1.22 bits per heavy atom. The molecule has 4 rings (SSSR count). The highest BCUT2D eigenvalue weighted by molar-refractivity contribution is 6.00. The third kappa shape index (κ3) is 5.99. The van der Waals surface area contributed by atoms with E-state index in [-0.39, 0.29) is 17.4 Å². The SMILES string of the molecule is C=CC(=O)Nc1cc(Nc2ncc3c(n2)c(-c2cccc(F)c2)cc(=O)n3C)ccc1OCCN(C)C. The van der Waals surface area contributed by atoms with Crippen LogP contribution in [0, 0.1) is 5.82 Å². The van der Waals surface area contributed by atoms with Gasteiger partial charge in [0.05, 0.1) is 17.4 Å². The number of hydrogen-bond acceptors (Lipinski definition) is 7. The van der Waals surface area contributed by atoms with Crippen LogP contribution in [-0.4, -0.2) is 52.6 Å². The van der Waals surface area contributed by atoms with Crippen molar-refractivity contribution < 1.29 is 13.9 Å². The van der Waals surface area contributed by atoms with Crippen molar-refractivity contribution in [2.45, 2.75) is 0 Å². The fourth-order valence-corrected chi connectivity index (χ4v) is 3.65. The first-order valence-electron chi connectivity index (χ1n) is 11.5. The van der Waals surface area contributed by atoms with Crippen molar-refractivity contribution in [3.63, 3.8) is 0 Å². The molecule has 0 aliphatic heterocycles. The van der Waals surface area contributed by atoms with E-state index in [1.165, 1.54) is 35.0 Å². The van der Waals surface area contributed by atoms with Crippen molar-refractivity contribution in [3.05, 3.63) is 83.6 Å². The third-order valence-electron chi connectivity index (χ3n) is 5.59. The van der Waals surface area contributed by atoms with Crippen molar-refractivity contribution in [2.75, 3.05) is 37.9 Å². The van der Waals surface area contributed by atoms with E-state index in [1.54, 1.807) is 37.4 Å². The monoisotopic (exact) mass is 502 g/mol. The number of rotatable bonds is 9. The summed E-state index contributed by atoms with van der Waals surface area (Å²) >= 11 is 0. The molecular formula is C27H27FN6O3. The van der Waals surface area contributed by atoms with Crippen LogP contribution in [0.15, 0.2) is 72.2 Å². The first-order valence-corrected chi connectivity index (χ1v) is 11.5. The molecule has 2 aromatic carbocycles. The zero-order valence-corrected chi connectivity index (χ0v) is 20.8. The van der Waals surface area contributed by atoms with Crippen molar-refractivity contribution in [2.24, 2.45) is 7.05 Å². The number of nitrogens with one attached hydrogen (secondary N) is 2. The summed E-state index contributed by atoms with van der Waals surface area (Å²) in [5, 5.41) is 5.88. The van der Waals surface area contributed by atoms with Gasteiger partial charge in [-0.3, -0.25) is 9.59 Å². The summed E-state index contributed by atoms with van der Waals surface area (Å²) in [5.74, 6) is -0.0329. The number of ether oxygens (including phenoxy) is 1. The zero-order chi connectivity index (χ0) is 26.5. The molecule has 0 aliphatic carbocycles. The van der Waals surface area contributed by atoms with Gasteiger partial charge < -0.3 is 24.8 Å². The predicted octanol–water partition coefficient (Wildman–Crippen LogP) is 3.94. The summed E-state index contributed by atoms with van der Waals surface area (Å²) in [4.78, 5) is 35.5. The summed E-state index contributed by atoms with van der Waals surface area (Å²) in [5.41, 5.74) is 2.79. The highest BCUT2D eigenvalue weighted by Gasteiger charge is 2.14. The number of halogens is 1. The maximum absolute atomic E-state index is 13.9. The van der Waals surface area contributed by atoms with Crippen LogP contribution in [0.2, 0.25) is 0 Å². The van der Waals surface area contributed by atoms with Crippen LogP contribution in [0.1, 0.15) is 0 Å². The number of hydrogen-bond donors (Lipinski definition) is 2. The third-order valence-corrected chi connectivity index (χ3v) is 5.59. The van der Waals surface area contributed by atoms with Gasteiger partial charge in [0.1, 0.15) is 23.7 Å². The fraction of sp³-hybridized carbons (Fsp3) is 0.185. The van der Waals surface area contributed by atoms with Gasteiger partial charge in [-0.1, -0.05) is 18.7 Å². The molecule has 37 heavy (non-hydrogen) atoms. The predicted molar refractivity (Wildman–Crippen MR) is 143 cm³/mol. The van der Waals surface area contributed by atoms with E-state index in [9.17, 15) is 14.0 Å². The van der Waals surface area contributed by atoms with Gasteiger partial charge in [-0.25, -0.2) is 14.4 Å². The van der Waals surface area contributed by atoms with Crippen LogP contribution >= 0.6 is 0 Å². The lowest BCUT2D eigenvalue weighted by atomic mass is 10.0. The largest absolute Gasteiger partial charge is 0.490 e. The topological polar surface area (TPSA) is 101 Å². The van der Waals surface area contributed by atoms with Crippen LogP contribution in [0.4, 0.5) is 21.7 Å². The molecule has 9 nitrogen and oxygen atoms in total. The Bertz CT molecular complexity index is 1530. The van der Waals surface area contributed by atoms with Crippen molar-refractivity contribution >= 4 is 34.3 Å². The lowest BCUT2D eigenvalue weighted by Crippen LogP contribution is -2.20. The molecule has 1 amide bonds. The van der Waals surface area contributed by atoms with Crippen LogP contribution in [0.25, 0.3) is 22.2 Å². The molecule has 0 unspecified atom stereocenters. The number of carbonyl (C=O) groups is 1. The molecule has 0 spiro atoms. The quantitative estimate of drug-likeness (QED) is 0.334. The standard InChI is InChI=1S/C27H27FN6O3/c1-5-24(35)31-21-14-19(9-10-23(21)37-12-11-33(2)3)30-27-29-16-22-26(32-27)20(15-25(36)34(22)4)17-7-6-8-18(28)13-17/h5-10,13-16H,1,11-12H2,2-4H3,(H,31,35)(H,29,30,32). The highest BCUT2D eigenvalue weighted by atomic mass is 19.1. The van der Waals surface area contributed by atoms with Crippen molar-refractivity contribution in [3.8, 4) is 16.9 Å². The summed E-state index contributed by atoms with van der Waals surface area (Å²) in [6.07, 6.45) is 2.71.